The van der Waals surface area contributed by atoms with E-state index in [4.69, 9.17) is 4.74 Å². The van der Waals surface area contributed by atoms with E-state index in [2.05, 4.69) is 5.32 Å². The van der Waals surface area contributed by atoms with Crippen LogP contribution in [0.1, 0.15) is 29.8 Å². The third kappa shape index (κ3) is 4.28. The molecule has 116 valence electrons. The van der Waals surface area contributed by atoms with E-state index in [0.29, 0.717) is 0 Å². The Morgan fingerprint density at radius 1 is 1.14 bits per heavy atom. The van der Waals surface area contributed by atoms with Crippen molar-refractivity contribution in [2.45, 2.75) is 26.5 Å². The Balaban J connectivity index is 1.97. The minimum absolute atomic E-state index is 0.0847. The number of hydrogen-bond acceptors (Lipinski definition) is 2. The van der Waals surface area contributed by atoms with Crippen molar-refractivity contribution in [2.24, 2.45) is 0 Å². The molecule has 0 heterocycles. The standard InChI is InChI=1S/C17H17F2NO2/c1-11(2)22-14-6-3-12(4-7-14)10-20-17(21)15-9-13(18)5-8-16(15)19/h3-9,11H,10H2,1-2H3,(H,20,21). The number of ether oxygens (including phenoxy) is 1. The molecule has 0 fully saturated rings. The van der Waals surface area contributed by atoms with Gasteiger partial charge in [0.25, 0.3) is 5.91 Å². The SMILES string of the molecule is CC(C)Oc1ccc(CNC(=O)c2cc(F)ccc2F)cc1. The molecule has 2 aromatic carbocycles. The molecule has 0 atom stereocenters. The second kappa shape index (κ2) is 7.02. The normalized spacial score (nSPS) is 10.6. The molecule has 2 aromatic rings. The minimum atomic E-state index is -0.750. The molecule has 1 amide bonds. The predicted molar refractivity (Wildman–Crippen MR) is 79.7 cm³/mol. The monoisotopic (exact) mass is 305 g/mol. The van der Waals surface area contributed by atoms with Gasteiger partial charge in [0.05, 0.1) is 11.7 Å². The minimum Gasteiger partial charge on any atom is -0.491 e. The molecule has 0 unspecified atom stereocenters. The fourth-order valence-electron chi connectivity index (χ4n) is 1.91. The fourth-order valence-corrected chi connectivity index (χ4v) is 1.91. The summed E-state index contributed by atoms with van der Waals surface area (Å²) in [6.07, 6.45) is 0.0847. The van der Waals surface area contributed by atoms with Crippen LogP contribution >= 0.6 is 0 Å². The molecule has 0 aromatic heterocycles. The number of rotatable bonds is 5. The average molecular weight is 305 g/mol. The van der Waals surface area contributed by atoms with E-state index in [1.807, 2.05) is 13.8 Å². The van der Waals surface area contributed by atoms with Gasteiger partial charge in [0.15, 0.2) is 0 Å². The number of carbonyl (C=O) groups excluding carboxylic acids is 1. The number of carbonyl (C=O) groups is 1. The molecule has 0 spiro atoms. The highest BCUT2D eigenvalue weighted by atomic mass is 19.1. The smallest absolute Gasteiger partial charge is 0.254 e. The fraction of sp³-hybridized carbons (Fsp3) is 0.235. The van der Waals surface area contributed by atoms with E-state index in [1.165, 1.54) is 0 Å². The molecule has 22 heavy (non-hydrogen) atoms. The summed E-state index contributed by atoms with van der Waals surface area (Å²) < 4.78 is 32.0. The highest BCUT2D eigenvalue weighted by molar-refractivity contribution is 5.94. The van der Waals surface area contributed by atoms with Crippen molar-refractivity contribution < 1.29 is 18.3 Å². The largest absolute Gasteiger partial charge is 0.491 e. The summed E-state index contributed by atoms with van der Waals surface area (Å²) >= 11 is 0. The average Bonchev–Trinajstić information content (AvgIpc) is 2.48. The van der Waals surface area contributed by atoms with Crippen molar-refractivity contribution in [1.82, 2.24) is 5.32 Å². The Morgan fingerprint density at radius 3 is 2.45 bits per heavy atom. The first kappa shape index (κ1) is 15.9. The Kier molecular flexibility index (Phi) is 5.09. The van der Waals surface area contributed by atoms with E-state index >= 15 is 0 Å². The third-order valence-electron chi connectivity index (χ3n) is 2.92. The van der Waals surface area contributed by atoms with Gasteiger partial charge in [0.2, 0.25) is 0 Å². The van der Waals surface area contributed by atoms with E-state index < -0.39 is 17.5 Å². The zero-order valence-corrected chi connectivity index (χ0v) is 12.4. The molecule has 0 saturated carbocycles. The Morgan fingerprint density at radius 2 is 1.82 bits per heavy atom. The van der Waals surface area contributed by atoms with Crippen LogP contribution in [0.25, 0.3) is 0 Å². The van der Waals surface area contributed by atoms with E-state index in [-0.39, 0.29) is 18.2 Å². The lowest BCUT2D eigenvalue weighted by Gasteiger charge is -2.10. The molecule has 1 N–H and O–H groups in total. The van der Waals surface area contributed by atoms with Crippen LogP contribution in [0.2, 0.25) is 0 Å². The lowest BCUT2D eigenvalue weighted by molar-refractivity contribution is 0.0946. The van der Waals surface area contributed by atoms with Gasteiger partial charge >= 0.3 is 0 Å². The Hall–Kier alpha value is -2.43. The quantitative estimate of drug-likeness (QED) is 0.915. The number of hydrogen-bond donors (Lipinski definition) is 1. The van der Waals surface area contributed by atoms with Gasteiger partial charge in [0, 0.05) is 6.54 Å². The molecule has 0 saturated heterocycles. The van der Waals surface area contributed by atoms with Crippen LogP contribution in [0.5, 0.6) is 5.75 Å². The first-order valence-electron chi connectivity index (χ1n) is 6.94. The number of nitrogens with one attached hydrogen (secondary N) is 1. The first-order chi connectivity index (χ1) is 10.5. The van der Waals surface area contributed by atoms with Crippen LogP contribution in [0, 0.1) is 11.6 Å². The number of amides is 1. The third-order valence-corrected chi connectivity index (χ3v) is 2.92. The topological polar surface area (TPSA) is 38.3 Å². The molecule has 3 nitrogen and oxygen atoms in total. The van der Waals surface area contributed by atoms with Gasteiger partial charge in [-0.1, -0.05) is 12.1 Å². The van der Waals surface area contributed by atoms with E-state index in [0.717, 1.165) is 29.5 Å². The molecule has 2 rings (SSSR count). The van der Waals surface area contributed by atoms with Crippen molar-refractivity contribution in [3.05, 3.63) is 65.2 Å². The van der Waals surface area contributed by atoms with Gasteiger partial charge in [-0.2, -0.15) is 0 Å². The molecule has 0 radical (unpaired) electrons. The lowest BCUT2D eigenvalue weighted by atomic mass is 10.1. The molecule has 0 aliphatic heterocycles. The number of benzene rings is 2. The maximum atomic E-state index is 13.5. The second-order valence-corrected chi connectivity index (χ2v) is 5.12. The number of halogens is 2. The lowest BCUT2D eigenvalue weighted by Crippen LogP contribution is -2.24. The Bertz CT molecular complexity index is 654. The van der Waals surface area contributed by atoms with Crippen LogP contribution in [0.15, 0.2) is 42.5 Å². The van der Waals surface area contributed by atoms with Crippen molar-refractivity contribution >= 4 is 5.91 Å². The first-order valence-corrected chi connectivity index (χ1v) is 6.94. The summed E-state index contributed by atoms with van der Waals surface area (Å²) in [5, 5.41) is 2.56. The second-order valence-electron chi connectivity index (χ2n) is 5.12. The van der Waals surface area contributed by atoms with Crippen LogP contribution in [0.4, 0.5) is 8.78 Å². The Labute approximate surface area is 127 Å². The molecule has 0 bridgehead atoms. The zero-order valence-electron chi connectivity index (χ0n) is 12.4. The van der Waals surface area contributed by atoms with Crippen molar-refractivity contribution in [3.8, 4) is 5.75 Å². The van der Waals surface area contributed by atoms with Crippen molar-refractivity contribution in [3.63, 3.8) is 0 Å². The predicted octanol–water partition coefficient (Wildman–Crippen LogP) is 3.68. The zero-order chi connectivity index (χ0) is 16.1. The summed E-state index contributed by atoms with van der Waals surface area (Å²) in [6, 6.07) is 9.99. The molecular weight excluding hydrogens is 288 g/mol. The molecule has 0 aliphatic carbocycles. The van der Waals surface area contributed by atoms with Gasteiger partial charge in [0.1, 0.15) is 17.4 Å². The van der Waals surface area contributed by atoms with Crippen LogP contribution in [-0.2, 0) is 6.54 Å². The van der Waals surface area contributed by atoms with Crippen molar-refractivity contribution in [1.29, 1.82) is 0 Å². The molecule has 0 aliphatic rings. The van der Waals surface area contributed by atoms with Crippen LogP contribution < -0.4 is 10.1 Å². The van der Waals surface area contributed by atoms with Gasteiger partial charge < -0.3 is 10.1 Å². The summed E-state index contributed by atoms with van der Waals surface area (Å²) in [5.74, 6) is -1.32. The van der Waals surface area contributed by atoms with Gasteiger partial charge in [-0.05, 0) is 49.7 Å². The van der Waals surface area contributed by atoms with E-state index in [1.54, 1.807) is 24.3 Å². The van der Waals surface area contributed by atoms with Gasteiger partial charge in [-0.15, -0.1) is 0 Å². The van der Waals surface area contributed by atoms with Crippen LogP contribution in [-0.4, -0.2) is 12.0 Å². The summed E-state index contributed by atoms with van der Waals surface area (Å²) in [6.45, 7) is 4.08. The van der Waals surface area contributed by atoms with Crippen LogP contribution in [0.3, 0.4) is 0 Å². The van der Waals surface area contributed by atoms with Gasteiger partial charge in [-0.25, -0.2) is 8.78 Å². The van der Waals surface area contributed by atoms with Crippen molar-refractivity contribution in [2.75, 3.05) is 0 Å². The maximum absolute atomic E-state index is 13.5. The van der Waals surface area contributed by atoms with E-state index in [9.17, 15) is 13.6 Å². The highest BCUT2D eigenvalue weighted by Crippen LogP contribution is 2.14. The molecule has 5 heteroatoms. The summed E-state index contributed by atoms with van der Waals surface area (Å²) in [5.41, 5.74) is 0.529. The highest BCUT2D eigenvalue weighted by Gasteiger charge is 2.12. The molecular formula is C17H17F2NO2. The summed E-state index contributed by atoms with van der Waals surface area (Å²) in [7, 11) is 0. The maximum Gasteiger partial charge on any atom is 0.254 e. The summed E-state index contributed by atoms with van der Waals surface area (Å²) in [4.78, 5) is 11.9. The van der Waals surface area contributed by atoms with Gasteiger partial charge in [-0.3, -0.25) is 4.79 Å².